The van der Waals surface area contributed by atoms with Gasteiger partial charge in [-0.05, 0) is 50.3 Å². The molecule has 33 heavy (non-hydrogen) atoms. The van der Waals surface area contributed by atoms with Crippen LogP contribution in [0.4, 0.5) is 6.01 Å². The molecular formula is C25H38ClN5O2. The van der Waals surface area contributed by atoms with E-state index < -0.39 is 5.91 Å². The van der Waals surface area contributed by atoms with Crippen LogP contribution in [0.3, 0.4) is 0 Å². The van der Waals surface area contributed by atoms with Gasteiger partial charge in [-0.25, -0.2) is 0 Å². The Labute approximate surface area is 203 Å². The third-order valence-electron chi connectivity index (χ3n) is 8.16. The Hall–Kier alpha value is -1.83. The Balaban J connectivity index is 0.00000259. The summed E-state index contributed by atoms with van der Waals surface area (Å²) in [7, 11) is 2.33. The molecule has 0 saturated carbocycles. The summed E-state index contributed by atoms with van der Waals surface area (Å²) in [5.74, 6) is -0.472. The van der Waals surface area contributed by atoms with E-state index in [9.17, 15) is 4.79 Å². The smallest absolute Gasteiger partial charge is 0.298 e. The van der Waals surface area contributed by atoms with E-state index in [2.05, 4.69) is 42.5 Å². The number of fused-ring (bicyclic) bond motifs is 3. The maximum atomic E-state index is 11.9. The normalized spacial score (nSPS) is 29.2. The third-order valence-corrected chi connectivity index (χ3v) is 8.16. The Kier molecular flexibility index (Phi) is 6.69. The molecule has 1 aromatic heterocycles. The Morgan fingerprint density at radius 3 is 2.45 bits per heavy atom. The van der Waals surface area contributed by atoms with Crippen molar-refractivity contribution in [2.45, 2.75) is 77.0 Å². The van der Waals surface area contributed by atoms with Gasteiger partial charge in [-0.15, -0.1) is 12.4 Å². The number of oxazole rings is 1. The Bertz CT molecular complexity index is 988. The maximum Gasteiger partial charge on any atom is 0.298 e. The number of piperidine rings is 2. The van der Waals surface area contributed by atoms with Crippen molar-refractivity contribution < 1.29 is 9.21 Å². The van der Waals surface area contributed by atoms with Gasteiger partial charge >= 0.3 is 0 Å². The summed E-state index contributed by atoms with van der Waals surface area (Å²) in [6.45, 7) is 9.81. The summed E-state index contributed by atoms with van der Waals surface area (Å²) < 4.78 is 6.16. The van der Waals surface area contributed by atoms with Crippen molar-refractivity contribution >= 4 is 35.4 Å². The SMILES string of the molecule is CN1C2CCCC1CC(N1CCN(c3nc4c(C(N)=O)cccc4o3)[C@@H](C(C)(C)C)C1)C2.Cl. The average molecular weight is 476 g/mol. The van der Waals surface area contributed by atoms with Crippen LogP contribution in [0.1, 0.15) is 63.2 Å². The second-order valence-electron chi connectivity index (χ2n) is 11.1. The molecule has 3 aliphatic heterocycles. The third kappa shape index (κ3) is 4.47. The van der Waals surface area contributed by atoms with E-state index in [-0.39, 0.29) is 23.9 Å². The van der Waals surface area contributed by atoms with Gasteiger partial charge in [-0.1, -0.05) is 33.3 Å². The van der Waals surface area contributed by atoms with Crippen LogP contribution in [0.25, 0.3) is 11.1 Å². The molecule has 5 rings (SSSR count). The number of hydrogen-bond donors (Lipinski definition) is 1. The summed E-state index contributed by atoms with van der Waals surface area (Å²) in [6.07, 6.45) is 6.65. The van der Waals surface area contributed by atoms with Gasteiger partial charge in [-0.3, -0.25) is 9.69 Å². The predicted molar refractivity (Wildman–Crippen MR) is 134 cm³/mol. The molecular weight excluding hydrogens is 438 g/mol. The van der Waals surface area contributed by atoms with E-state index in [0.29, 0.717) is 28.7 Å². The van der Waals surface area contributed by atoms with Gasteiger partial charge in [0.1, 0.15) is 5.52 Å². The fourth-order valence-electron chi connectivity index (χ4n) is 6.25. The summed E-state index contributed by atoms with van der Waals surface area (Å²) in [4.78, 5) is 24.3. The largest absolute Gasteiger partial charge is 0.423 e. The number of rotatable bonds is 3. The van der Waals surface area contributed by atoms with Gasteiger partial charge < -0.3 is 20.0 Å². The number of para-hydroxylation sites is 1. The molecule has 3 aliphatic rings. The molecule has 3 saturated heterocycles. The molecule has 1 aromatic carbocycles. The minimum absolute atomic E-state index is 0. The highest BCUT2D eigenvalue weighted by molar-refractivity contribution is 6.03. The Morgan fingerprint density at radius 1 is 1.12 bits per heavy atom. The lowest BCUT2D eigenvalue weighted by Gasteiger charge is -2.53. The molecule has 182 valence electrons. The number of amides is 1. The second-order valence-corrected chi connectivity index (χ2v) is 11.1. The minimum atomic E-state index is -0.472. The van der Waals surface area contributed by atoms with Gasteiger partial charge in [-0.2, -0.15) is 4.98 Å². The fraction of sp³-hybridized carbons (Fsp3) is 0.680. The maximum absolute atomic E-state index is 11.9. The van der Waals surface area contributed by atoms with Crippen LogP contribution in [0.5, 0.6) is 0 Å². The van der Waals surface area contributed by atoms with Crippen LogP contribution >= 0.6 is 12.4 Å². The van der Waals surface area contributed by atoms with E-state index in [1.807, 2.05) is 6.07 Å². The number of benzene rings is 1. The number of primary amides is 1. The lowest BCUT2D eigenvalue weighted by molar-refractivity contribution is -0.00247. The lowest BCUT2D eigenvalue weighted by atomic mass is 9.80. The van der Waals surface area contributed by atoms with Crippen molar-refractivity contribution in [2.75, 3.05) is 31.6 Å². The highest BCUT2D eigenvalue weighted by Crippen LogP contribution is 2.38. The van der Waals surface area contributed by atoms with E-state index in [1.54, 1.807) is 12.1 Å². The lowest BCUT2D eigenvalue weighted by Crippen LogP contribution is -2.63. The van der Waals surface area contributed by atoms with E-state index in [0.717, 1.165) is 31.7 Å². The quantitative estimate of drug-likeness (QED) is 0.725. The summed E-state index contributed by atoms with van der Waals surface area (Å²) >= 11 is 0. The summed E-state index contributed by atoms with van der Waals surface area (Å²) in [6, 6.07) is 8.40. The number of nitrogens with zero attached hydrogens (tertiary/aromatic N) is 4. The topological polar surface area (TPSA) is 78.8 Å². The van der Waals surface area contributed by atoms with E-state index >= 15 is 0 Å². The van der Waals surface area contributed by atoms with Gasteiger partial charge in [0.15, 0.2) is 5.58 Å². The van der Waals surface area contributed by atoms with Crippen molar-refractivity contribution in [1.29, 1.82) is 0 Å². The second kappa shape index (κ2) is 9.08. The summed E-state index contributed by atoms with van der Waals surface area (Å²) in [5, 5.41) is 0. The molecule has 0 aliphatic carbocycles. The highest BCUT2D eigenvalue weighted by atomic mass is 35.5. The number of anilines is 1. The zero-order valence-corrected chi connectivity index (χ0v) is 21.1. The molecule has 4 heterocycles. The first-order valence-corrected chi connectivity index (χ1v) is 12.1. The number of hydrogen-bond acceptors (Lipinski definition) is 6. The zero-order chi connectivity index (χ0) is 22.6. The van der Waals surface area contributed by atoms with Gasteiger partial charge in [0, 0.05) is 37.8 Å². The summed E-state index contributed by atoms with van der Waals surface area (Å²) in [5.41, 5.74) is 7.23. The molecule has 3 atom stereocenters. The number of aromatic nitrogens is 1. The molecule has 2 unspecified atom stereocenters. The Morgan fingerprint density at radius 2 is 1.82 bits per heavy atom. The first-order chi connectivity index (χ1) is 15.2. The van der Waals surface area contributed by atoms with Gasteiger partial charge in [0.05, 0.1) is 11.6 Å². The number of nitrogens with two attached hydrogens (primary N) is 1. The van der Waals surface area contributed by atoms with Crippen LogP contribution < -0.4 is 10.6 Å². The standard InChI is InChI=1S/C25H37N5O2.ClH/c1-25(2,3)21-15-29(18-13-16-7-5-8-17(14-18)28(16)4)11-12-30(21)24-27-22-19(23(26)31)9-6-10-20(22)32-24;/h6,9-10,16-18,21H,5,7-8,11-15H2,1-4H3,(H2,26,31);1H/t16?,17?,18?,21-;/m1./s1. The number of carbonyl (C=O) groups excluding carboxylic acids is 1. The molecule has 8 heteroatoms. The first kappa shape index (κ1) is 24.3. The van der Waals surface area contributed by atoms with Crippen LogP contribution in [-0.4, -0.2) is 71.5 Å². The van der Waals surface area contributed by atoms with Crippen LogP contribution in [0.2, 0.25) is 0 Å². The van der Waals surface area contributed by atoms with E-state index in [4.69, 9.17) is 15.1 Å². The predicted octanol–water partition coefficient (Wildman–Crippen LogP) is 3.90. The van der Waals surface area contributed by atoms with Crippen LogP contribution in [-0.2, 0) is 0 Å². The van der Waals surface area contributed by atoms with E-state index in [1.165, 1.54) is 32.1 Å². The number of piperazine rings is 1. The van der Waals surface area contributed by atoms with Crippen LogP contribution in [0.15, 0.2) is 22.6 Å². The molecule has 3 fully saturated rings. The van der Waals surface area contributed by atoms with Gasteiger partial charge in [0.2, 0.25) is 0 Å². The molecule has 0 spiro atoms. The number of halogens is 1. The fourth-order valence-corrected chi connectivity index (χ4v) is 6.25. The molecule has 2 aromatic rings. The first-order valence-electron chi connectivity index (χ1n) is 12.1. The van der Waals surface area contributed by atoms with Crippen molar-refractivity contribution in [2.24, 2.45) is 11.1 Å². The minimum Gasteiger partial charge on any atom is -0.423 e. The van der Waals surface area contributed by atoms with Crippen molar-refractivity contribution in [3.63, 3.8) is 0 Å². The average Bonchev–Trinajstić information content (AvgIpc) is 3.16. The van der Waals surface area contributed by atoms with Crippen molar-refractivity contribution in [3.05, 3.63) is 23.8 Å². The highest BCUT2D eigenvalue weighted by Gasteiger charge is 2.43. The number of carbonyl (C=O) groups is 1. The van der Waals surface area contributed by atoms with Gasteiger partial charge in [0.25, 0.3) is 11.9 Å². The van der Waals surface area contributed by atoms with Crippen molar-refractivity contribution in [1.82, 2.24) is 14.8 Å². The van der Waals surface area contributed by atoms with Crippen molar-refractivity contribution in [3.8, 4) is 0 Å². The molecule has 2 bridgehead atoms. The molecule has 7 nitrogen and oxygen atoms in total. The molecule has 0 radical (unpaired) electrons. The van der Waals surface area contributed by atoms with Crippen LogP contribution in [0, 0.1) is 5.41 Å². The molecule has 2 N–H and O–H groups in total. The monoisotopic (exact) mass is 475 g/mol. The zero-order valence-electron chi connectivity index (χ0n) is 20.3. The molecule has 1 amide bonds.